The predicted molar refractivity (Wildman–Crippen MR) is 90.1 cm³/mol. The van der Waals surface area contributed by atoms with Crippen LogP contribution in [0.5, 0.6) is 0 Å². The minimum absolute atomic E-state index is 0.175. The summed E-state index contributed by atoms with van der Waals surface area (Å²) in [5.74, 6) is -0.175. The highest BCUT2D eigenvalue weighted by Gasteiger charge is 1.94. The molecule has 0 aromatic carbocycles. The van der Waals surface area contributed by atoms with Gasteiger partial charge >= 0.3 is 0 Å². The molecule has 0 fully saturated rings. The van der Waals surface area contributed by atoms with E-state index >= 15 is 0 Å². The number of carbonyl (C=O) groups is 1. The smallest absolute Gasteiger partial charge is 0.217 e. The molecule has 1 amide bonds. The lowest BCUT2D eigenvalue weighted by Crippen LogP contribution is -2.09. The van der Waals surface area contributed by atoms with Crippen LogP contribution in [0.2, 0.25) is 0 Å². The molecule has 0 heterocycles. The van der Waals surface area contributed by atoms with E-state index in [0.29, 0.717) is 13.0 Å². The first kappa shape index (κ1) is 20.2. The maximum Gasteiger partial charge on any atom is 0.217 e. The van der Waals surface area contributed by atoms with Crippen molar-refractivity contribution in [1.29, 1.82) is 0 Å². The van der Waals surface area contributed by atoms with Gasteiger partial charge in [0.1, 0.15) is 0 Å². The third kappa shape index (κ3) is 19.2. The van der Waals surface area contributed by atoms with Gasteiger partial charge in [-0.15, -0.1) is 0 Å². The van der Waals surface area contributed by atoms with E-state index in [-0.39, 0.29) is 5.91 Å². The summed E-state index contributed by atoms with van der Waals surface area (Å²) in [6.45, 7) is 0.341. The van der Waals surface area contributed by atoms with Crippen molar-refractivity contribution in [3.8, 4) is 0 Å². The van der Waals surface area contributed by atoms with Crippen molar-refractivity contribution in [2.24, 2.45) is 5.73 Å². The summed E-state index contributed by atoms with van der Waals surface area (Å²) >= 11 is 0. The summed E-state index contributed by atoms with van der Waals surface area (Å²) in [7, 11) is 0. The largest absolute Gasteiger partial charge is 0.396 e. The molecule has 3 nitrogen and oxygen atoms in total. The zero-order valence-electron chi connectivity index (χ0n) is 13.7. The third-order valence-corrected chi connectivity index (χ3v) is 3.74. The van der Waals surface area contributed by atoms with Crippen molar-refractivity contribution in [2.45, 2.75) is 89.9 Å². The number of hydrogen-bond acceptors (Lipinski definition) is 2. The Morgan fingerprint density at radius 1 is 0.714 bits per heavy atom. The number of aliphatic hydroxyl groups is 1. The Kier molecular flexibility index (Phi) is 16.5. The van der Waals surface area contributed by atoms with Gasteiger partial charge in [0.25, 0.3) is 0 Å². The third-order valence-electron chi connectivity index (χ3n) is 3.74. The Bertz CT molecular complexity index is 252. The fraction of sp³-hybridized carbons (Fsp3) is 0.833. The van der Waals surface area contributed by atoms with Crippen molar-refractivity contribution >= 4 is 5.91 Å². The minimum Gasteiger partial charge on any atom is -0.396 e. The molecule has 0 unspecified atom stereocenters. The van der Waals surface area contributed by atoms with Gasteiger partial charge in [0.05, 0.1) is 0 Å². The van der Waals surface area contributed by atoms with Crippen molar-refractivity contribution in [3.05, 3.63) is 12.2 Å². The zero-order chi connectivity index (χ0) is 15.6. The van der Waals surface area contributed by atoms with Crippen molar-refractivity contribution < 1.29 is 9.90 Å². The van der Waals surface area contributed by atoms with Gasteiger partial charge in [-0.3, -0.25) is 4.79 Å². The molecule has 0 aliphatic carbocycles. The molecule has 124 valence electrons. The van der Waals surface area contributed by atoms with Crippen molar-refractivity contribution in [3.63, 3.8) is 0 Å². The molecule has 0 aliphatic rings. The molecular formula is C18H35NO2. The van der Waals surface area contributed by atoms with Crippen LogP contribution in [0, 0.1) is 0 Å². The highest BCUT2D eigenvalue weighted by Crippen LogP contribution is 2.09. The Hall–Kier alpha value is -0.830. The summed E-state index contributed by atoms with van der Waals surface area (Å²) in [4.78, 5) is 10.6. The number of allylic oxidation sites excluding steroid dienone is 2. The number of primary amides is 1. The van der Waals surface area contributed by atoms with E-state index in [4.69, 9.17) is 10.8 Å². The van der Waals surface area contributed by atoms with E-state index in [1.54, 1.807) is 0 Å². The monoisotopic (exact) mass is 297 g/mol. The molecule has 0 bridgehead atoms. The fourth-order valence-electron chi connectivity index (χ4n) is 2.41. The van der Waals surface area contributed by atoms with Crippen LogP contribution >= 0.6 is 0 Å². The standard InChI is InChI=1S/C18H35NO2/c19-18(21)16-14-12-10-8-6-4-2-1-3-5-7-9-11-13-15-17-20/h1-2,20H,3-17H2,(H2,19,21)/b2-1+. The van der Waals surface area contributed by atoms with Crippen LogP contribution in [-0.2, 0) is 4.79 Å². The zero-order valence-corrected chi connectivity index (χ0v) is 13.7. The quantitative estimate of drug-likeness (QED) is 0.326. The van der Waals surface area contributed by atoms with E-state index in [1.165, 1.54) is 64.2 Å². The molecule has 0 aromatic heterocycles. The molecule has 0 saturated heterocycles. The molecule has 0 radical (unpaired) electrons. The maximum atomic E-state index is 10.6. The second-order valence-corrected chi connectivity index (χ2v) is 5.88. The average molecular weight is 297 g/mol. The molecule has 0 rings (SSSR count). The van der Waals surface area contributed by atoms with Crippen LogP contribution in [0.3, 0.4) is 0 Å². The summed E-state index contributed by atoms with van der Waals surface area (Å²) in [6, 6.07) is 0. The van der Waals surface area contributed by atoms with Crippen LogP contribution in [-0.4, -0.2) is 17.6 Å². The van der Waals surface area contributed by atoms with Crippen LogP contribution in [0.25, 0.3) is 0 Å². The van der Waals surface area contributed by atoms with E-state index in [9.17, 15) is 4.79 Å². The number of aliphatic hydroxyl groups excluding tert-OH is 1. The molecular weight excluding hydrogens is 262 g/mol. The normalized spacial score (nSPS) is 11.3. The number of amides is 1. The van der Waals surface area contributed by atoms with Crippen molar-refractivity contribution in [1.82, 2.24) is 0 Å². The highest BCUT2D eigenvalue weighted by molar-refractivity contribution is 5.73. The summed E-state index contributed by atoms with van der Waals surface area (Å²) in [6.07, 6.45) is 20.7. The molecule has 0 aromatic rings. The topological polar surface area (TPSA) is 63.3 Å². The molecule has 0 aliphatic heterocycles. The fourth-order valence-corrected chi connectivity index (χ4v) is 2.41. The lowest BCUT2D eigenvalue weighted by Gasteiger charge is -1.99. The second-order valence-electron chi connectivity index (χ2n) is 5.88. The Morgan fingerprint density at radius 3 is 1.62 bits per heavy atom. The van der Waals surface area contributed by atoms with Crippen molar-refractivity contribution in [2.75, 3.05) is 6.61 Å². The van der Waals surface area contributed by atoms with Crippen LogP contribution in [0.4, 0.5) is 0 Å². The second kappa shape index (κ2) is 17.2. The Morgan fingerprint density at radius 2 is 1.14 bits per heavy atom. The number of carbonyl (C=O) groups excluding carboxylic acids is 1. The minimum atomic E-state index is -0.175. The maximum absolute atomic E-state index is 10.6. The van der Waals surface area contributed by atoms with Gasteiger partial charge < -0.3 is 10.8 Å². The van der Waals surface area contributed by atoms with E-state index < -0.39 is 0 Å². The Balaban J connectivity index is 3.07. The molecule has 3 N–H and O–H groups in total. The van der Waals surface area contributed by atoms with Crippen LogP contribution < -0.4 is 5.73 Å². The summed E-state index contributed by atoms with van der Waals surface area (Å²) in [5.41, 5.74) is 5.10. The van der Waals surface area contributed by atoms with Gasteiger partial charge in [0, 0.05) is 13.0 Å². The SMILES string of the molecule is NC(=O)CCCCCCC/C=C/CCCCCCCCO. The first-order chi connectivity index (χ1) is 10.3. The van der Waals surface area contributed by atoms with Gasteiger partial charge in [0.15, 0.2) is 0 Å². The number of hydrogen-bond donors (Lipinski definition) is 2. The van der Waals surface area contributed by atoms with Gasteiger partial charge in [-0.1, -0.05) is 57.1 Å². The van der Waals surface area contributed by atoms with Gasteiger partial charge in [-0.05, 0) is 38.5 Å². The van der Waals surface area contributed by atoms with E-state index in [1.807, 2.05) is 0 Å². The van der Waals surface area contributed by atoms with Gasteiger partial charge in [-0.25, -0.2) is 0 Å². The van der Waals surface area contributed by atoms with Crippen LogP contribution in [0.1, 0.15) is 89.9 Å². The average Bonchev–Trinajstić information content (AvgIpc) is 2.46. The van der Waals surface area contributed by atoms with Crippen LogP contribution in [0.15, 0.2) is 12.2 Å². The number of unbranched alkanes of at least 4 members (excludes halogenated alkanes) is 11. The molecule has 0 spiro atoms. The number of nitrogens with two attached hydrogens (primary N) is 1. The van der Waals surface area contributed by atoms with E-state index in [0.717, 1.165) is 19.3 Å². The molecule has 0 saturated carbocycles. The highest BCUT2D eigenvalue weighted by atomic mass is 16.2. The van der Waals surface area contributed by atoms with Gasteiger partial charge in [0.2, 0.25) is 5.91 Å². The lowest BCUT2D eigenvalue weighted by atomic mass is 10.1. The van der Waals surface area contributed by atoms with Gasteiger partial charge in [-0.2, -0.15) is 0 Å². The number of rotatable bonds is 16. The molecule has 3 heteroatoms. The summed E-state index contributed by atoms with van der Waals surface area (Å²) in [5, 5.41) is 8.66. The van der Waals surface area contributed by atoms with E-state index in [2.05, 4.69) is 12.2 Å². The Labute approximate surface area is 131 Å². The molecule has 21 heavy (non-hydrogen) atoms. The first-order valence-electron chi connectivity index (χ1n) is 8.81. The summed E-state index contributed by atoms with van der Waals surface area (Å²) < 4.78 is 0. The lowest BCUT2D eigenvalue weighted by molar-refractivity contribution is -0.118. The molecule has 0 atom stereocenters. The first-order valence-corrected chi connectivity index (χ1v) is 8.81. The predicted octanol–water partition coefficient (Wildman–Crippen LogP) is 4.48.